The van der Waals surface area contributed by atoms with Crippen molar-refractivity contribution in [2.24, 2.45) is 0 Å². The second-order valence-electron chi connectivity index (χ2n) is 7.32. The van der Waals surface area contributed by atoms with Crippen LogP contribution in [0.1, 0.15) is 22.5 Å². The molecular formula is C22H24N4O2. The van der Waals surface area contributed by atoms with E-state index in [1.807, 2.05) is 42.5 Å². The van der Waals surface area contributed by atoms with E-state index < -0.39 is 0 Å². The molecule has 0 bridgehead atoms. The monoisotopic (exact) mass is 376 g/mol. The molecule has 0 saturated heterocycles. The number of nitrogens with one attached hydrogen (secondary N) is 1. The molecule has 1 N–H and O–H groups in total. The number of nitrogens with zero attached hydrogens (tertiary/aromatic N) is 3. The highest BCUT2D eigenvalue weighted by molar-refractivity contribution is 5.76. The summed E-state index contributed by atoms with van der Waals surface area (Å²) in [6.45, 7) is 2.30. The van der Waals surface area contributed by atoms with E-state index in [2.05, 4.69) is 22.5 Å². The van der Waals surface area contributed by atoms with Gasteiger partial charge in [0.15, 0.2) is 0 Å². The molecule has 6 heteroatoms. The van der Waals surface area contributed by atoms with Crippen molar-refractivity contribution in [2.75, 3.05) is 0 Å². The number of aryl methyl sites for hydroxylation is 2. The van der Waals surface area contributed by atoms with Gasteiger partial charge in [-0.15, -0.1) is 0 Å². The van der Waals surface area contributed by atoms with Crippen molar-refractivity contribution in [3.05, 3.63) is 87.6 Å². The molecule has 0 radical (unpaired) electrons. The number of hydrogen-bond donors (Lipinski definition) is 1. The zero-order chi connectivity index (χ0) is 19.5. The fourth-order valence-corrected chi connectivity index (χ4v) is 3.87. The van der Waals surface area contributed by atoms with Gasteiger partial charge in [-0.2, -0.15) is 5.10 Å². The first kappa shape index (κ1) is 18.2. The second kappa shape index (κ2) is 7.84. The van der Waals surface area contributed by atoms with E-state index in [0.29, 0.717) is 12.4 Å². The van der Waals surface area contributed by atoms with Crippen molar-refractivity contribution in [3.8, 4) is 0 Å². The third kappa shape index (κ3) is 3.91. The molecule has 0 spiro atoms. The average molecular weight is 376 g/mol. The van der Waals surface area contributed by atoms with E-state index in [0.717, 1.165) is 19.3 Å². The molecule has 1 amide bonds. The van der Waals surface area contributed by atoms with Gasteiger partial charge in [-0.25, -0.2) is 9.48 Å². The molecular weight excluding hydrogens is 352 g/mol. The molecule has 144 valence electrons. The van der Waals surface area contributed by atoms with Gasteiger partial charge in [-0.3, -0.25) is 9.36 Å². The van der Waals surface area contributed by atoms with Gasteiger partial charge in [0.1, 0.15) is 12.4 Å². The van der Waals surface area contributed by atoms with E-state index in [4.69, 9.17) is 0 Å². The molecule has 0 unspecified atom stereocenters. The summed E-state index contributed by atoms with van der Waals surface area (Å²) in [5, 5.41) is 7.32. The van der Waals surface area contributed by atoms with Gasteiger partial charge in [0.05, 0.1) is 0 Å². The molecule has 2 aromatic carbocycles. The lowest BCUT2D eigenvalue weighted by Gasteiger charge is -2.11. The lowest BCUT2D eigenvalue weighted by atomic mass is 10.1. The maximum absolute atomic E-state index is 12.6. The molecule has 1 aromatic heterocycles. The van der Waals surface area contributed by atoms with E-state index in [1.165, 1.54) is 21.4 Å². The van der Waals surface area contributed by atoms with Crippen LogP contribution in [0.25, 0.3) is 0 Å². The number of carbonyl (C=O) groups is 1. The third-order valence-corrected chi connectivity index (χ3v) is 5.28. The van der Waals surface area contributed by atoms with Gasteiger partial charge in [-0.1, -0.05) is 54.6 Å². The molecule has 6 nitrogen and oxygen atoms in total. The van der Waals surface area contributed by atoms with Crippen LogP contribution in [-0.2, 0) is 37.1 Å². The standard InChI is InChI=1S/C22H24N4O2/c1-16-24-26(22(28)25(16)12-11-17-7-3-2-4-8-17)15-21(27)23-20-13-18-9-5-6-10-19(18)14-20/h2-10,20H,11-15H2,1H3,(H,23,27). The summed E-state index contributed by atoms with van der Waals surface area (Å²) >= 11 is 0. The zero-order valence-corrected chi connectivity index (χ0v) is 16.0. The van der Waals surface area contributed by atoms with Crippen molar-refractivity contribution in [3.63, 3.8) is 0 Å². The summed E-state index contributed by atoms with van der Waals surface area (Å²) in [6.07, 6.45) is 2.42. The summed E-state index contributed by atoms with van der Waals surface area (Å²) in [5.74, 6) is 0.453. The van der Waals surface area contributed by atoms with Crippen LogP contribution in [0.4, 0.5) is 0 Å². The largest absolute Gasteiger partial charge is 0.351 e. The first-order chi connectivity index (χ1) is 13.6. The zero-order valence-electron chi connectivity index (χ0n) is 16.0. The molecule has 1 aliphatic carbocycles. The van der Waals surface area contributed by atoms with E-state index in [-0.39, 0.29) is 24.2 Å². The highest BCUT2D eigenvalue weighted by atomic mass is 16.2. The maximum atomic E-state index is 12.6. The molecule has 0 aliphatic heterocycles. The Balaban J connectivity index is 1.37. The highest BCUT2D eigenvalue weighted by Crippen LogP contribution is 2.21. The first-order valence-electron chi connectivity index (χ1n) is 9.64. The molecule has 28 heavy (non-hydrogen) atoms. The second-order valence-corrected chi connectivity index (χ2v) is 7.32. The third-order valence-electron chi connectivity index (χ3n) is 5.28. The van der Waals surface area contributed by atoms with Crippen LogP contribution in [0.2, 0.25) is 0 Å². The van der Waals surface area contributed by atoms with Crippen LogP contribution in [0.15, 0.2) is 59.4 Å². The molecule has 4 rings (SSSR count). The Kier molecular flexibility index (Phi) is 5.10. The summed E-state index contributed by atoms with van der Waals surface area (Å²) in [5.41, 5.74) is 3.50. The molecule has 3 aromatic rings. The minimum atomic E-state index is -0.238. The van der Waals surface area contributed by atoms with Gasteiger partial charge in [0.25, 0.3) is 0 Å². The summed E-state index contributed by atoms with van der Waals surface area (Å²) in [6, 6.07) is 18.4. The number of hydrogen-bond acceptors (Lipinski definition) is 3. The van der Waals surface area contributed by atoms with E-state index >= 15 is 0 Å². The first-order valence-corrected chi connectivity index (χ1v) is 9.64. The summed E-state index contributed by atoms with van der Waals surface area (Å²) in [7, 11) is 0. The Morgan fingerprint density at radius 1 is 1.07 bits per heavy atom. The van der Waals surface area contributed by atoms with Gasteiger partial charge in [0, 0.05) is 12.6 Å². The van der Waals surface area contributed by atoms with Crippen LogP contribution in [0.5, 0.6) is 0 Å². The Labute approximate surface area is 163 Å². The van der Waals surface area contributed by atoms with E-state index in [1.54, 1.807) is 11.5 Å². The lowest BCUT2D eigenvalue weighted by Crippen LogP contribution is -2.39. The Morgan fingerprint density at radius 3 is 2.39 bits per heavy atom. The van der Waals surface area contributed by atoms with Crippen molar-refractivity contribution < 1.29 is 4.79 Å². The summed E-state index contributed by atoms with van der Waals surface area (Å²) in [4.78, 5) is 25.1. The average Bonchev–Trinajstić information content (AvgIpc) is 3.21. The van der Waals surface area contributed by atoms with Crippen molar-refractivity contribution in [2.45, 2.75) is 45.3 Å². The topological polar surface area (TPSA) is 68.9 Å². The van der Waals surface area contributed by atoms with Crippen molar-refractivity contribution in [1.29, 1.82) is 0 Å². The number of aromatic nitrogens is 3. The molecule has 0 atom stereocenters. The van der Waals surface area contributed by atoms with Crippen molar-refractivity contribution in [1.82, 2.24) is 19.7 Å². The molecule has 1 heterocycles. The fraction of sp³-hybridized carbons (Fsp3) is 0.318. The van der Waals surface area contributed by atoms with Crippen molar-refractivity contribution >= 4 is 5.91 Å². The van der Waals surface area contributed by atoms with Gasteiger partial charge in [-0.05, 0) is 42.9 Å². The van der Waals surface area contributed by atoms with Crippen LogP contribution in [0, 0.1) is 6.92 Å². The minimum Gasteiger partial charge on any atom is -0.351 e. The van der Waals surface area contributed by atoms with Crippen LogP contribution in [-0.4, -0.2) is 26.3 Å². The Morgan fingerprint density at radius 2 is 1.71 bits per heavy atom. The number of benzene rings is 2. The minimum absolute atomic E-state index is 0.0507. The predicted octanol–water partition coefficient (Wildman–Crippen LogP) is 1.88. The quantitative estimate of drug-likeness (QED) is 0.714. The fourth-order valence-electron chi connectivity index (χ4n) is 3.87. The Bertz CT molecular complexity index is 1010. The van der Waals surface area contributed by atoms with E-state index in [9.17, 15) is 9.59 Å². The van der Waals surface area contributed by atoms with Gasteiger partial charge >= 0.3 is 5.69 Å². The van der Waals surface area contributed by atoms with Gasteiger partial charge in [0.2, 0.25) is 5.91 Å². The van der Waals surface area contributed by atoms with Crippen LogP contribution >= 0.6 is 0 Å². The summed E-state index contributed by atoms with van der Waals surface area (Å²) < 4.78 is 2.89. The molecule has 1 aliphatic rings. The van der Waals surface area contributed by atoms with Crippen LogP contribution in [0.3, 0.4) is 0 Å². The smallest absolute Gasteiger partial charge is 0.346 e. The maximum Gasteiger partial charge on any atom is 0.346 e. The lowest BCUT2D eigenvalue weighted by molar-refractivity contribution is -0.122. The van der Waals surface area contributed by atoms with Gasteiger partial charge < -0.3 is 5.32 Å². The van der Waals surface area contributed by atoms with Crippen LogP contribution < -0.4 is 11.0 Å². The predicted molar refractivity (Wildman–Crippen MR) is 107 cm³/mol. The molecule has 0 saturated carbocycles. The number of amides is 1. The number of rotatable bonds is 6. The number of carbonyl (C=O) groups excluding carboxylic acids is 1. The molecule has 0 fully saturated rings. The normalized spacial score (nSPS) is 13.5. The number of fused-ring (bicyclic) bond motifs is 1. The SMILES string of the molecule is Cc1nn(CC(=O)NC2Cc3ccccc3C2)c(=O)n1CCc1ccccc1. The Hall–Kier alpha value is -3.15. The highest BCUT2D eigenvalue weighted by Gasteiger charge is 2.23.